The lowest BCUT2D eigenvalue weighted by atomic mass is 9.81. The van der Waals surface area contributed by atoms with Gasteiger partial charge in [-0.2, -0.15) is 0 Å². The fraction of sp³-hybridized carbons (Fsp3) is 0.429. The number of carbonyl (C=O) groups is 1. The van der Waals surface area contributed by atoms with Gasteiger partial charge < -0.3 is 9.84 Å². The van der Waals surface area contributed by atoms with Crippen LogP contribution in [-0.2, 0) is 9.48 Å². The number of aliphatic imine (C=N–C) groups is 1. The molecule has 112 valence electrons. The molecule has 1 amide bonds. The minimum Gasteiger partial charge on any atom is -0.465 e. The molecule has 0 aliphatic carbocycles. The van der Waals surface area contributed by atoms with Crippen molar-refractivity contribution in [1.29, 1.82) is 0 Å². The van der Waals surface area contributed by atoms with Gasteiger partial charge in [0.1, 0.15) is 0 Å². The van der Waals surface area contributed by atoms with Gasteiger partial charge in [0.05, 0.1) is 11.4 Å². The van der Waals surface area contributed by atoms with E-state index in [0.717, 1.165) is 10.9 Å². The summed E-state index contributed by atoms with van der Waals surface area (Å²) in [6.45, 7) is 1.91. The predicted molar refractivity (Wildman–Crippen MR) is 85.8 cm³/mol. The summed E-state index contributed by atoms with van der Waals surface area (Å²) in [7, 11) is 0. The molecular formula is C14H15BrN2O3S. The van der Waals surface area contributed by atoms with Gasteiger partial charge in [-0.05, 0) is 24.1 Å². The number of ether oxygens (including phenoxy) is 1. The molecule has 1 unspecified atom stereocenters. The molecule has 1 saturated heterocycles. The molecule has 0 aromatic heterocycles. The van der Waals surface area contributed by atoms with Crippen molar-refractivity contribution in [3.63, 3.8) is 0 Å². The molecule has 1 aromatic carbocycles. The molecule has 2 N–H and O–H groups in total. The molecule has 1 aromatic rings. The van der Waals surface area contributed by atoms with Crippen molar-refractivity contribution in [2.75, 3.05) is 19.8 Å². The van der Waals surface area contributed by atoms with Crippen LogP contribution in [0.2, 0.25) is 0 Å². The van der Waals surface area contributed by atoms with Crippen LogP contribution in [-0.4, -0.2) is 36.1 Å². The number of rotatable bonds is 1. The van der Waals surface area contributed by atoms with E-state index in [9.17, 15) is 4.79 Å². The Kier molecular flexibility index (Phi) is 4.24. The van der Waals surface area contributed by atoms with E-state index in [1.54, 1.807) is 0 Å². The topological polar surface area (TPSA) is 70.9 Å². The van der Waals surface area contributed by atoms with Crippen molar-refractivity contribution in [3.05, 3.63) is 34.3 Å². The van der Waals surface area contributed by atoms with Crippen molar-refractivity contribution in [3.8, 4) is 0 Å². The first kappa shape index (κ1) is 14.9. The zero-order chi connectivity index (χ0) is 14.9. The Morgan fingerprint density at radius 3 is 3.19 bits per heavy atom. The summed E-state index contributed by atoms with van der Waals surface area (Å²) in [6, 6.07) is 8.21. The number of benzene rings is 1. The molecule has 5 nitrogen and oxygen atoms in total. The number of nitrogens with one attached hydrogen (secondary N) is 1. The van der Waals surface area contributed by atoms with Crippen LogP contribution in [0.15, 0.2) is 33.7 Å². The van der Waals surface area contributed by atoms with Crippen LogP contribution in [0.5, 0.6) is 0 Å². The van der Waals surface area contributed by atoms with E-state index >= 15 is 0 Å². The number of amides is 1. The summed E-state index contributed by atoms with van der Waals surface area (Å²) < 4.78 is 6.45. The Balaban J connectivity index is 1.98. The van der Waals surface area contributed by atoms with E-state index in [0.29, 0.717) is 24.9 Å². The van der Waals surface area contributed by atoms with Gasteiger partial charge in [-0.1, -0.05) is 39.8 Å². The molecule has 1 fully saturated rings. The highest BCUT2D eigenvalue weighted by Gasteiger charge is 2.47. The third-order valence-corrected chi connectivity index (χ3v) is 5.91. The van der Waals surface area contributed by atoms with E-state index in [-0.39, 0.29) is 10.7 Å². The van der Waals surface area contributed by atoms with E-state index in [2.05, 4.69) is 38.4 Å². The average molecular weight is 371 g/mol. The number of halogens is 1. The number of hydrogen-bond donors (Lipinski definition) is 2. The van der Waals surface area contributed by atoms with Crippen LogP contribution in [0, 0.1) is 5.92 Å². The number of amidine groups is 1. The third kappa shape index (κ3) is 2.95. The maximum atomic E-state index is 10.9. The molecule has 21 heavy (non-hydrogen) atoms. The molecule has 0 radical (unpaired) electrons. The Morgan fingerprint density at radius 2 is 2.43 bits per heavy atom. The first-order chi connectivity index (χ1) is 10.1. The zero-order valence-corrected chi connectivity index (χ0v) is 13.6. The van der Waals surface area contributed by atoms with Crippen LogP contribution < -0.4 is 5.32 Å². The van der Waals surface area contributed by atoms with Crippen LogP contribution in [0.4, 0.5) is 4.79 Å². The fourth-order valence-electron chi connectivity index (χ4n) is 2.87. The lowest BCUT2D eigenvalue weighted by molar-refractivity contribution is 0.0327. The van der Waals surface area contributed by atoms with Gasteiger partial charge in [0, 0.05) is 23.5 Å². The van der Waals surface area contributed by atoms with Crippen molar-refractivity contribution < 1.29 is 14.6 Å². The number of hydrogen-bond acceptors (Lipinski definition) is 4. The van der Waals surface area contributed by atoms with Crippen molar-refractivity contribution in [2.24, 2.45) is 10.9 Å². The van der Waals surface area contributed by atoms with Gasteiger partial charge >= 0.3 is 6.09 Å². The second-order valence-electron chi connectivity index (χ2n) is 5.10. The van der Waals surface area contributed by atoms with Crippen LogP contribution >= 0.6 is 27.7 Å². The maximum absolute atomic E-state index is 10.9. The summed E-state index contributed by atoms with van der Waals surface area (Å²) in [5.41, 5.74) is 1.19. The summed E-state index contributed by atoms with van der Waals surface area (Å²) in [6.07, 6.45) is -0.227. The highest BCUT2D eigenvalue weighted by molar-refractivity contribution is 9.10. The number of fused-ring (bicyclic) bond motifs is 1. The predicted octanol–water partition coefficient (Wildman–Crippen LogP) is 3.05. The molecule has 0 bridgehead atoms. The van der Waals surface area contributed by atoms with Gasteiger partial charge in [-0.25, -0.2) is 4.79 Å². The SMILES string of the molecule is O=C(O)NC1=NCC2COCC[C@]2(c2cccc(Br)c2)S1. The normalized spacial score (nSPS) is 28.4. The lowest BCUT2D eigenvalue weighted by Gasteiger charge is -2.45. The average Bonchev–Trinajstić information content (AvgIpc) is 2.46. The Labute approximate surface area is 135 Å². The molecule has 2 heterocycles. The minimum absolute atomic E-state index is 0.179. The standard InChI is InChI=1S/C14H15BrN2O3S/c15-11-3-1-2-9(6-11)14-4-5-20-8-10(14)7-16-12(21-14)17-13(18)19/h1-3,6,10H,4-5,7-8H2,(H,16,17)(H,18,19)/t10?,14-/m1/s1. The molecule has 3 rings (SSSR count). The first-order valence-electron chi connectivity index (χ1n) is 6.67. The molecule has 2 atom stereocenters. The largest absolute Gasteiger partial charge is 0.465 e. The maximum Gasteiger partial charge on any atom is 0.410 e. The smallest absolute Gasteiger partial charge is 0.410 e. The lowest BCUT2D eigenvalue weighted by Crippen LogP contribution is -2.47. The van der Waals surface area contributed by atoms with Gasteiger partial charge in [-0.15, -0.1) is 0 Å². The van der Waals surface area contributed by atoms with E-state index < -0.39 is 6.09 Å². The van der Waals surface area contributed by atoms with Gasteiger partial charge in [0.15, 0.2) is 5.17 Å². The minimum atomic E-state index is -1.07. The molecule has 2 aliphatic rings. The third-order valence-electron chi connectivity index (χ3n) is 3.86. The molecular weight excluding hydrogens is 356 g/mol. The molecule has 0 spiro atoms. The highest BCUT2D eigenvalue weighted by atomic mass is 79.9. The Morgan fingerprint density at radius 1 is 1.57 bits per heavy atom. The molecule has 0 saturated carbocycles. The molecule has 2 aliphatic heterocycles. The Bertz CT molecular complexity index is 595. The van der Waals surface area contributed by atoms with Crippen LogP contribution in [0.3, 0.4) is 0 Å². The fourth-order valence-corrected chi connectivity index (χ4v) is 4.63. The number of nitrogens with zero attached hydrogens (tertiary/aromatic N) is 1. The van der Waals surface area contributed by atoms with Gasteiger partial charge in [0.25, 0.3) is 0 Å². The van der Waals surface area contributed by atoms with Crippen molar-refractivity contribution >= 4 is 39.0 Å². The van der Waals surface area contributed by atoms with E-state index in [1.165, 1.54) is 17.3 Å². The van der Waals surface area contributed by atoms with Crippen molar-refractivity contribution in [1.82, 2.24) is 5.32 Å². The Hall–Kier alpha value is -1.05. The summed E-state index contributed by atoms with van der Waals surface area (Å²) in [5.74, 6) is 0.255. The zero-order valence-electron chi connectivity index (χ0n) is 11.2. The van der Waals surface area contributed by atoms with Crippen molar-refractivity contribution in [2.45, 2.75) is 11.2 Å². The van der Waals surface area contributed by atoms with Gasteiger partial charge in [0.2, 0.25) is 0 Å². The van der Waals surface area contributed by atoms with Crippen LogP contribution in [0.1, 0.15) is 12.0 Å². The number of carboxylic acid groups (broad SMARTS) is 1. The van der Waals surface area contributed by atoms with Crippen LogP contribution in [0.25, 0.3) is 0 Å². The van der Waals surface area contributed by atoms with Gasteiger partial charge in [-0.3, -0.25) is 10.3 Å². The highest BCUT2D eigenvalue weighted by Crippen LogP contribution is 2.51. The summed E-state index contributed by atoms with van der Waals surface area (Å²) >= 11 is 5.03. The van der Waals surface area contributed by atoms with E-state index in [4.69, 9.17) is 9.84 Å². The quantitative estimate of drug-likeness (QED) is 0.796. The second-order valence-corrected chi connectivity index (χ2v) is 7.33. The summed E-state index contributed by atoms with van der Waals surface area (Å²) in [4.78, 5) is 15.2. The second kappa shape index (κ2) is 5.98. The number of thioether (sulfide) groups is 1. The van der Waals surface area contributed by atoms with E-state index in [1.807, 2.05) is 12.1 Å². The summed E-state index contributed by atoms with van der Waals surface area (Å²) in [5, 5.41) is 11.8. The first-order valence-corrected chi connectivity index (χ1v) is 8.28. The monoisotopic (exact) mass is 370 g/mol. The molecule has 7 heteroatoms.